The van der Waals surface area contributed by atoms with Crippen LogP contribution in [-0.2, 0) is 13.0 Å². The van der Waals surface area contributed by atoms with E-state index in [-0.39, 0.29) is 18.3 Å². The smallest absolute Gasteiger partial charge is 0.207 e. The zero-order valence-electron chi connectivity index (χ0n) is 24.4. The quantitative estimate of drug-likeness (QED) is 0.194. The molecule has 5 rings (SSSR count). The Morgan fingerprint density at radius 2 is 1.60 bits per heavy atom. The minimum absolute atomic E-state index is 0.0374. The summed E-state index contributed by atoms with van der Waals surface area (Å²) in [6, 6.07) is 32.8. The molecule has 1 aliphatic rings. The zero-order chi connectivity index (χ0) is 29.3. The van der Waals surface area contributed by atoms with Gasteiger partial charge in [-0.1, -0.05) is 72.8 Å². The van der Waals surface area contributed by atoms with E-state index in [1.807, 2.05) is 30.3 Å². The van der Waals surface area contributed by atoms with Crippen LogP contribution in [0.2, 0.25) is 0 Å². The normalized spacial score (nSPS) is 14.2. The van der Waals surface area contributed by atoms with Crippen LogP contribution in [0.25, 0.3) is 0 Å². The van der Waals surface area contributed by atoms with Crippen molar-refractivity contribution in [2.45, 2.75) is 37.8 Å². The summed E-state index contributed by atoms with van der Waals surface area (Å²) in [5, 5.41) is 9.29. The molecule has 0 bridgehead atoms. The molecule has 4 aromatic carbocycles. The highest BCUT2D eigenvalue weighted by Gasteiger charge is 2.32. The fourth-order valence-electron chi connectivity index (χ4n) is 5.71. The Bertz CT molecular complexity index is 1420. The second-order valence-electron chi connectivity index (χ2n) is 10.7. The van der Waals surface area contributed by atoms with Gasteiger partial charge in [-0.05, 0) is 60.7 Å². The number of carbonyl (C=O) groups excluding carboxylic acids is 1. The Labute approximate surface area is 248 Å². The molecule has 1 aliphatic heterocycles. The van der Waals surface area contributed by atoms with Crippen LogP contribution in [0.4, 0.5) is 0 Å². The Morgan fingerprint density at radius 3 is 2.24 bits per heavy atom. The second kappa shape index (κ2) is 14.2. The molecule has 6 nitrogen and oxygen atoms in total. The van der Waals surface area contributed by atoms with E-state index in [1.165, 1.54) is 11.1 Å². The molecule has 0 saturated heterocycles. The molecule has 6 heteroatoms. The number of rotatable bonds is 14. The van der Waals surface area contributed by atoms with Crippen molar-refractivity contribution in [2.75, 3.05) is 33.9 Å². The average molecular weight is 566 g/mol. The van der Waals surface area contributed by atoms with E-state index in [9.17, 15) is 9.90 Å². The number of methoxy groups -OCH3 is 2. The number of Topliss-reactive ketones (excluding diaryl/α,β-unsaturated/α-hetero) is 1. The second-order valence-corrected chi connectivity index (χ2v) is 10.7. The zero-order valence-corrected chi connectivity index (χ0v) is 24.4. The van der Waals surface area contributed by atoms with Crippen LogP contribution in [0.5, 0.6) is 17.2 Å². The standard InChI is InChI=1S/C36H39NO5/c1-40-30-17-16-29(34(23-30)41-2)24-37(25-32(27-10-5-3-6-11-27)28-12-7-4-8-13-28)20-9-14-33-36(39)31-18-15-26(19-21-38)22-35(31)42-33/h3-8,10-13,15-18,22-23,32-33,38H,9,14,19-21,24-25H2,1-2H3. The number of fused-ring (bicyclic) bond motifs is 1. The number of aliphatic hydroxyl groups is 1. The molecule has 1 heterocycles. The fourth-order valence-corrected chi connectivity index (χ4v) is 5.71. The summed E-state index contributed by atoms with van der Waals surface area (Å²) in [5.74, 6) is 2.39. The van der Waals surface area contributed by atoms with Crippen molar-refractivity contribution < 1.29 is 24.1 Å². The summed E-state index contributed by atoms with van der Waals surface area (Å²) in [6.07, 6.45) is 1.48. The lowest BCUT2D eigenvalue weighted by Gasteiger charge is -2.29. The first-order chi connectivity index (χ1) is 20.6. The molecule has 218 valence electrons. The van der Waals surface area contributed by atoms with E-state index in [4.69, 9.17) is 14.2 Å². The molecule has 4 aromatic rings. The third-order valence-corrected chi connectivity index (χ3v) is 7.95. The van der Waals surface area contributed by atoms with E-state index in [2.05, 4.69) is 71.6 Å². The molecule has 0 amide bonds. The van der Waals surface area contributed by atoms with Crippen molar-refractivity contribution in [3.05, 3.63) is 125 Å². The highest BCUT2D eigenvalue weighted by molar-refractivity contribution is 6.04. The molecule has 1 unspecified atom stereocenters. The van der Waals surface area contributed by atoms with Crippen LogP contribution < -0.4 is 14.2 Å². The number of aliphatic hydroxyl groups excluding tert-OH is 1. The van der Waals surface area contributed by atoms with Crippen molar-refractivity contribution in [1.29, 1.82) is 0 Å². The first kappa shape index (κ1) is 29.4. The number of ketones is 1. The number of hydrogen-bond acceptors (Lipinski definition) is 6. The summed E-state index contributed by atoms with van der Waals surface area (Å²) >= 11 is 0. The Morgan fingerprint density at radius 1 is 0.881 bits per heavy atom. The van der Waals surface area contributed by atoms with Crippen LogP contribution in [0.3, 0.4) is 0 Å². The van der Waals surface area contributed by atoms with Crippen LogP contribution in [0.1, 0.15) is 51.4 Å². The van der Waals surface area contributed by atoms with Gasteiger partial charge in [0, 0.05) is 37.2 Å². The predicted octanol–water partition coefficient (Wildman–Crippen LogP) is 6.30. The number of nitrogens with zero attached hydrogens (tertiary/aromatic N) is 1. The van der Waals surface area contributed by atoms with Gasteiger partial charge in [-0.2, -0.15) is 0 Å². The van der Waals surface area contributed by atoms with Crippen LogP contribution in [0, 0.1) is 0 Å². The van der Waals surface area contributed by atoms with Crippen molar-refractivity contribution in [3.63, 3.8) is 0 Å². The Balaban J connectivity index is 1.35. The van der Waals surface area contributed by atoms with Crippen molar-refractivity contribution in [2.24, 2.45) is 0 Å². The number of ether oxygens (including phenoxy) is 3. The highest BCUT2D eigenvalue weighted by Crippen LogP contribution is 2.33. The van der Waals surface area contributed by atoms with Gasteiger partial charge in [0.15, 0.2) is 6.10 Å². The number of benzene rings is 4. The number of hydrogen-bond donors (Lipinski definition) is 1. The summed E-state index contributed by atoms with van der Waals surface area (Å²) in [7, 11) is 3.34. The van der Waals surface area contributed by atoms with E-state index >= 15 is 0 Å². The lowest BCUT2D eigenvalue weighted by atomic mass is 9.90. The number of carbonyl (C=O) groups is 1. The topological polar surface area (TPSA) is 68.2 Å². The summed E-state index contributed by atoms with van der Waals surface area (Å²) in [6.45, 7) is 2.34. The van der Waals surface area contributed by atoms with Gasteiger partial charge in [0.25, 0.3) is 0 Å². The molecule has 0 spiro atoms. The van der Waals surface area contributed by atoms with Gasteiger partial charge in [0.2, 0.25) is 5.78 Å². The van der Waals surface area contributed by atoms with Crippen LogP contribution in [0.15, 0.2) is 97.1 Å². The molecule has 42 heavy (non-hydrogen) atoms. The average Bonchev–Trinajstić information content (AvgIpc) is 3.34. The van der Waals surface area contributed by atoms with Crippen LogP contribution in [-0.4, -0.2) is 55.8 Å². The summed E-state index contributed by atoms with van der Waals surface area (Å²) < 4.78 is 17.3. The third-order valence-electron chi connectivity index (χ3n) is 7.95. The van der Waals surface area contributed by atoms with Gasteiger partial charge >= 0.3 is 0 Å². The summed E-state index contributed by atoms with van der Waals surface area (Å²) in [5.41, 5.74) is 5.21. The first-order valence-electron chi connectivity index (χ1n) is 14.6. The minimum Gasteiger partial charge on any atom is -0.497 e. The van der Waals surface area contributed by atoms with E-state index in [0.717, 1.165) is 42.1 Å². The van der Waals surface area contributed by atoms with Gasteiger partial charge in [-0.3, -0.25) is 9.69 Å². The summed E-state index contributed by atoms with van der Waals surface area (Å²) in [4.78, 5) is 15.6. The SMILES string of the molecule is COc1ccc(CN(CCCC2Oc3cc(CCO)ccc3C2=O)CC(c2ccccc2)c2ccccc2)c(OC)c1. The molecule has 1 N–H and O–H groups in total. The Kier molecular flexibility index (Phi) is 9.90. The molecule has 0 aromatic heterocycles. The third kappa shape index (κ3) is 7.01. The van der Waals surface area contributed by atoms with Gasteiger partial charge in [-0.25, -0.2) is 0 Å². The lowest BCUT2D eigenvalue weighted by Crippen LogP contribution is -2.31. The van der Waals surface area contributed by atoms with Gasteiger partial charge in [-0.15, -0.1) is 0 Å². The highest BCUT2D eigenvalue weighted by atomic mass is 16.5. The van der Waals surface area contributed by atoms with E-state index in [1.54, 1.807) is 14.2 Å². The van der Waals surface area contributed by atoms with Crippen molar-refractivity contribution >= 4 is 5.78 Å². The molecule has 1 atom stereocenters. The van der Waals surface area contributed by atoms with Gasteiger partial charge < -0.3 is 19.3 Å². The monoisotopic (exact) mass is 565 g/mol. The van der Waals surface area contributed by atoms with Crippen molar-refractivity contribution in [1.82, 2.24) is 4.90 Å². The largest absolute Gasteiger partial charge is 0.497 e. The van der Waals surface area contributed by atoms with Crippen LogP contribution >= 0.6 is 0 Å². The first-order valence-corrected chi connectivity index (χ1v) is 14.6. The minimum atomic E-state index is -0.485. The molecule has 0 radical (unpaired) electrons. The van der Waals surface area contributed by atoms with E-state index < -0.39 is 6.10 Å². The van der Waals surface area contributed by atoms with E-state index in [0.29, 0.717) is 30.7 Å². The fraction of sp³-hybridized carbons (Fsp3) is 0.306. The molecule has 0 fully saturated rings. The molecular weight excluding hydrogens is 526 g/mol. The maximum absolute atomic E-state index is 13.1. The van der Waals surface area contributed by atoms with Gasteiger partial charge in [0.05, 0.1) is 19.8 Å². The maximum atomic E-state index is 13.1. The Hall–Kier alpha value is -4.13. The molecule has 0 saturated carbocycles. The molecular formula is C36H39NO5. The maximum Gasteiger partial charge on any atom is 0.207 e. The lowest BCUT2D eigenvalue weighted by molar-refractivity contribution is 0.0836. The predicted molar refractivity (Wildman–Crippen MR) is 165 cm³/mol. The van der Waals surface area contributed by atoms with Gasteiger partial charge in [0.1, 0.15) is 17.2 Å². The molecule has 0 aliphatic carbocycles. The van der Waals surface area contributed by atoms with Crippen molar-refractivity contribution in [3.8, 4) is 17.2 Å².